The first kappa shape index (κ1) is 11.0. The monoisotopic (exact) mass is 185 g/mol. The van der Waals surface area contributed by atoms with Crippen LogP contribution in [0.5, 0.6) is 0 Å². The lowest BCUT2D eigenvalue weighted by atomic mass is 9.87. The summed E-state index contributed by atoms with van der Waals surface area (Å²) in [7, 11) is 0. The van der Waals surface area contributed by atoms with Crippen LogP contribution in [0.3, 0.4) is 0 Å². The van der Waals surface area contributed by atoms with Crippen LogP contribution < -0.4 is 0 Å². The summed E-state index contributed by atoms with van der Waals surface area (Å²) >= 11 is 0. The van der Waals surface area contributed by atoms with Gasteiger partial charge in [-0.2, -0.15) is 0 Å². The number of aliphatic hydroxyl groups excluding tert-OH is 1. The van der Waals surface area contributed by atoms with E-state index in [-0.39, 0.29) is 11.6 Å². The highest BCUT2D eigenvalue weighted by Gasteiger charge is 2.36. The van der Waals surface area contributed by atoms with Gasteiger partial charge in [0.25, 0.3) is 0 Å². The Kier molecular flexibility index (Phi) is 3.36. The van der Waals surface area contributed by atoms with Gasteiger partial charge in [-0.25, -0.2) is 0 Å². The van der Waals surface area contributed by atoms with E-state index in [1.807, 2.05) is 0 Å². The molecule has 1 fully saturated rings. The minimum atomic E-state index is -0.217. The fourth-order valence-corrected chi connectivity index (χ4v) is 2.30. The summed E-state index contributed by atoms with van der Waals surface area (Å²) in [6.07, 6.45) is 2.35. The molecule has 2 heteroatoms. The van der Waals surface area contributed by atoms with E-state index >= 15 is 0 Å². The summed E-state index contributed by atoms with van der Waals surface area (Å²) in [5.41, 5.74) is -0.0509. The maximum atomic E-state index is 10.1. The molecule has 1 unspecified atom stereocenters. The molecule has 0 saturated carbocycles. The average Bonchev–Trinajstić information content (AvgIpc) is 2.54. The van der Waals surface area contributed by atoms with Crippen LogP contribution in [0, 0.1) is 5.92 Å². The molecular formula is C11H23NO. The molecule has 13 heavy (non-hydrogen) atoms. The fraction of sp³-hybridized carbons (Fsp3) is 1.00. The van der Waals surface area contributed by atoms with Crippen LogP contribution in [0.25, 0.3) is 0 Å². The molecule has 1 atom stereocenters. The Morgan fingerprint density at radius 3 is 2.00 bits per heavy atom. The van der Waals surface area contributed by atoms with E-state index < -0.39 is 0 Å². The van der Waals surface area contributed by atoms with Crippen molar-refractivity contribution in [2.75, 3.05) is 13.1 Å². The van der Waals surface area contributed by atoms with Crippen LogP contribution in [0.2, 0.25) is 0 Å². The number of hydrogen-bond acceptors (Lipinski definition) is 2. The Labute approximate surface area is 81.9 Å². The smallest absolute Gasteiger partial charge is 0.0741 e. The van der Waals surface area contributed by atoms with Gasteiger partial charge in [-0.1, -0.05) is 13.8 Å². The first-order valence-corrected chi connectivity index (χ1v) is 5.39. The van der Waals surface area contributed by atoms with Crippen LogP contribution in [0.4, 0.5) is 0 Å². The molecule has 0 aliphatic carbocycles. The zero-order chi connectivity index (χ0) is 10.1. The van der Waals surface area contributed by atoms with Crippen molar-refractivity contribution in [3.05, 3.63) is 0 Å². The second-order valence-corrected chi connectivity index (χ2v) is 5.04. The molecule has 1 aliphatic rings. The Morgan fingerprint density at radius 1 is 1.15 bits per heavy atom. The zero-order valence-electron chi connectivity index (χ0n) is 9.38. The van der Waals surface area contributed by atoms with Crippen LogP contribution in [-0.2, 0) is 0 Å². The van der Waals surface area contributed by atoms with Crippen LogP contribution in [-0.4, -0.2) is 34.7 Å². The summed E-state index contributed by atoms with van der Waals surface area (Å²) < 4.78 is 0. The van der Waals surface area contributed by atoms with Gasteiger partial charge in [0.15, 0.2) is 0 Å². The minimum absolute atomic E-state index is 0.0509. The van der Waals surface area contributed by atoms with Gasteiger partial charge in [-0.3, -0.25) is 4.90 Å². The van der Waals surface area contributed by atoms with Gasteiger partial charge in [0.05, 0.1) is 6.10 Å². The molecule has 0 aromatic rings. The van der Waals surface area contributed by atoms with Crippen molar-refractivity contribution in [3.63, 3.8) is 0 Å². The van der Waals surface area contributed by atoms with Crippen molar-refractivity contribution in [1.82, 2.24) is 4.90 Å². The number of nitrogens with zero attached hydrogens (tertiary/aromatic N) is 1. The maximum Gasteiger partial charge on any atom is 0.0741 e. The molecule has 1 saturated heterocycles. The normalized spacial score (nSPS) is 22.6. The lowest BCUT2D eigenvalue weighted by Gasteiger charge is -2.41. The van der Waals surface area contributed by atoms with Crippen LogP contribution in [0.15, 0.2) is 0 Å². The van der Waals surface area contributed by atoms with E-state index in [1.54, 1.807) is 0 Å². The standard InChI is InChI=1S/C11H23NO/c1-9(2)10(13)11(3,4)12-7-5-6-8-12/h9-10,13H,5-8H2,1-4H3. The molecule has 0 radical (unpaired) electrons. The van der Waals surface area contributed by atoms with Crippen molar-refractivity contribution >= 4 is 0 Å². The van der Waals surface area contributed by atoms with Crippen molar-refractivity contribution in [2.24, 2.45) is 5.92 Å². The molecule has 1 N–H and O–H groups in total. The summed E-state index contributed by atoms with van der Waals surface area (Å²) in [6.45, 7) is 10.8. The van der Waals surface area contributed by atoms with Gasteiger partial charge < -0.3 is 5.11 Å². The topological polar surface area (TPSA) is 23.5 Å². The SMILES string of the molecule is CC(C)C(O)C(C)(C)N1CCCC1. The van der Waals surface area contributed by atoms with Crippen LogP contribution in [0.1, 0.15) is 40.5 Å². The molecule has 78 valence electrons. The number of hydrogen-bond donors (Lipinski definition) is 1. The van der Waals surface area contributed by atoms with Crippen molar-refractivity contribution in [3.8, 4) is 0 Å². The summed E-state index contributed by atoms with van der Waals surface area (Å²) in [5, 5.41) is 10.1. The summed E-state index contributed by atoms with van der Waals surface area (Å²) in [6, 6.07) is 0. The fourth-order valence-electron chi connectivity index (χ4n) is 2.30. The van der Waals surface area contributed by atoms with Gasteiger partial charge >= 0.3 is 0 Å². The average molecular weight is 185 g/mol. The maximum absolute atomic E-state index is 10.1. The molecule has 1 aliphatic heterocycles. The second-order valence-electron chi connectivity index (χ2n) is 5.04. The van der Waals surface area contributed by atoms with Gasteiger partial charge in [0, 0.05) is 5.54 Å². The molecule has 2 nitrogen and oxygen atoms in total. The van der Waals surface area contributed by atoms with E-state index in [0.717, 1.165) is 13.1 Å². The predicted molar refractivity (Wildman–Crippen MR) is 55.7 cm³/mol. The Bertz CT molecular complexity index is 155. The zero-order valence-corrected chi connectivity index (χ0v) is 9.38. The van der Waals surface area contributed by atoms with Crippen molar-refractivity contribution in [2.45, 2.75) is 52.2 Å². The number of aliphatic hydroxyl groups is 1. The highest BCUT2D eigenvalue weighted by atomic mass is 16.3. The molecule has 0 aromatic heterocycles. The Morgan fingerprint density at radius 2 is 1.62 bits per heavy atom. The summed E-state index contributed by atoms with van der Waals surface area (Å²) in [5.74, 6) is 0.343. The van der Waals surface area contributed by atoms with E-state index in [2.05, 4.69) is 32.6 Å². The highest BCUT2D eigenvalue weighted by Crippen LogP contribution is 2.27. The Balaban J connectivity index is 2.62. The quantitative estimate of drug-likeness (QED) is 0.725. The van der Waals surface area contributed by atoms with Gasteiger partial charge in [0.2, 0.25) is 0 Å². The highest BCUT2D eigenvalue weighted by molar-refractivity contribution is 4.92. The van der Waals surface area contributed by atoms with Gasteiger partial charge in [0.1, 0.15) is 0 Å². The van der Waals surface area contributed by atoms with E-state index in [4.69, 9.17) is 0 Å². The third kappa shape index (κ3) is 2.23. The van der Waals surface area contributed by atoms with Gasteiger partial charge in [-0.05, 0) is 45.7 Å². The number of rotatable bonds is 3. The Hall–Kier alpha value is -0.0800. The third-order valence-corrected chi connectivity index (χ3v) is 3.28. The van der Waals surface area contributed by atoms with Gasteiger partial charge in [-0.15, -0.1) is 0 Å². The van der Waals surface area contributed by atoms with E-state index in [9.17, 15) is 5.11 Å². The summed E-state index contributed by atoms with van der Waals surface area (Å²) in [4.78, 5) is 2.41. The largest absolute Gasteiger partial charge is 0.391 e. The second kappa shape index (κ2) is 3.97. The lowest BCUT2D eigenvalue weighted by molar-refractivity contribution is -0.0238. The predicted octanol–water partition coefficient (Wildman–Crippen LogP) is 1.88. The third-order valence-electron chi connectivity index (χ3n) is 3.28. The molecule has 0 spiro atoms. The first-order chi connectivity index (χ1) is 5.96. The van der Waals surface area contributed by atoms with Crippen LogP contribution >= 0.6 is 0 Å². The first-order valence-electron chi connectivity index (χ1n) is 5.39. The molecule has 0 aromatic carbocycles. The lowest BCUT2D eigenvalue weighted by Crippen LogP contribution is -2.53. The molecule has 0 amide bonds. The van der Waals surface area contributed by atoms with Crippen molar-refractivity contribution < 1.29 is 5.11 Å². The van der Waals surface area contributed by atoms with E-state index in [1.165, 1.54) is 12.8 Å². The molecular weight excluding hydrogens is 162 g/mol. The minimum Gasteiger partial charge on any atom is -0.391 e. The molecule has 0 bridgehead atoms. The van der Waals surface area contributed by atoms with Crippen molar-refractivity contribution in [1.29, 1.82) is 0 Å². The van der Waals surface area contributed by atoms with E-state index in [0.29, 0.717) is 5.92 Å². The molecule has 1 rings (SSSR count). The number of likely N-dealkylation sites (tertiary alicyclic amines) is 1. The molecule has 1 heterocycles.